The van der Waals surface area contributed by atoms with Gasteiger partial charge in [0.25, 0.3) is 0 Å². The lowest BCUT2D eigenvalue weighted by Crippen LogP contribution is -2.34. The van der Waals surface area contributed by atoms with Gasteiger partial charge in [-0.2, -0.15) is 0 Å². The average molecular weight is 456 g/mol. The van der Waals surface area contributed by atoms with Crippen molar-refractivity contribution in [2.45, 2.75) is 50.5 Å². The van der Waals surface area contributed by atoms with E-state index >= 15 is 0 Å². The number of allylic oxidation sites excluding steroid dienone is 1. The van der Waals surface area contributed by atoms with Gasteiger partial charge in [0.05, 0.1) is 6.67 Å². The van der Waals surface area contributed by atoms with Crippen LogP contribution in [0.15, 0.2) is 78.9 Å². The summed E-state index contributed by atoms with van der Waals surface area (Å²) in [4.78, 5) is 2.67. The smallest absolute Gasteiger partial charge is 0.115 e. The van der Waals surface area contributed by atoms with E-state index in [2.05, 4.69) is 41.3 Å². The second kappa shape index (κ2) is 10.6. The van der Waals surface area contributed by atoms with Crippen molar-refractivity contribution in [3.63, 3.8) is 0 Å². The molecule has 3 aromatic rings. The zero-order valence-electron chi connectivity index (χ0n) is 19.8. The van der Waals surface area contributed by atoms with Crippen molar-refractivity contribution in [1.29, 1.82) is 0 Å². The van der Waals surface area contributed by atoms with Crippen LogP contribution in [0.5, 0.6) is 5.75 Å². The third kappa shape index (κ3) is 5.26. The highest BCUT2D eigenvalue weighted by Crippen LogP contribution is 2.38. The third-order valence-electron chi connectivity index (χ3n) is 7.40. The van der Waals surface area contributed by atoms with Crippen LogP contribution in [0.2, 0.25) is 0 Å². The van der Waals surface area contributed by atoms with E-state index in [1.54, 1.807) is 12.1 Å². The number of hydrogen-bond acceptors (Lipinski definition) is 2. The number of alkyl halides is 1. The molecule has 0 spiro atoms. The number of piperidine rings is 1. The molecule has 1 aliphatic heterocycles. The predicted octanol–water partition coefficient (Wildman–Crippen LogP) is 7.44. The summed E-state index contributed by atoms with van der Waals surface area (Å²) in [5.41, 5.74) is 7.00. The number of phenols is 1. The van der Waals surface area contributed by atoms with Crippen molar-refractivity contribution < 1.29 is 9.50 Å². The van der Waals surface area contributed by atoms with Crippen LogP contribution in [0, 0.1) is 0 Å². The number of rotatable bonds is 8. The summed E-state index contributed by atoms with van der Waals surface area (Å²) in [5.74, 6) is 0.881. The first kappa shape index (κ1) is 22.9. The molecule has 0 atom stereocenters. The van der Waals surface area contributed by atoms with Crippen molar-refractivity contribution in [3.05, 3.63) is 101 Å². The first-order chi connectivity index (χ1) is 16.7. The molecule has 3 heteroatoms. The lowest BCUT2D eigenvalue weighted by molar-refractivity contribution is 0.203. The van der Waals surface area contributed by atoms with Gasteiger partial charge in [0.1, 0.15) is 5.75 Å². The van der Waals surface area contributed by atoms with E-state index in [0.717, 1.165) is 33.9 Å². The molecule has 34 heavy (non-hydrogen) atoms. The van der Waals surface area contributed by atoms with Crippen molar-refractivity contribution in [2.75, 3.05) is 19.8 Å². The maximum atomic E-state index is 13.3. The number of nitrogens with zero attached hydrogens (tertiary/aromatic N) is 1. The maximum Gasteiger partial charge on any atom is 0.115 e. The number of hydrogen-bond donors (Lipinski definition) is 1. The van der Waals surface area contributed by atoms with Crippen LogP contribution in [0.25, 0.3) is 11.1 Å². The molecule has 0 unspecified atom stereocenters. The number of aromatic hydroxyl groups is 1. The normalized spacial score (nSPS) is 18.0. The molecule has 0 amide bonds. The van der Waals surface area contributed by atoms with Gasteiger partial charge in [0.2, 0.25) is 0 Å². The third-order valence-corrected chi connectivity index (χ3v) is 7.40. The van der Waals surface area contributed by atoms with Crippen LogP contribution >= 0.6 is 0 Å². The van der Waals surface area contributed by atoms with Gasteiger partial charge in [-0.1, -0.05) is 66.7 Å². The topological polar surface area (TPSA) is 23.5 Å². The highest BCUT2D eigenvalue weighted by Gasteiger charge is 2.32. The van der Waals surface area contributed by atoms with Crippen LogP contribution in [-0.2, 0) is 0 Å². The van der Waals surface area contributed by atoms with Gasteiger partial charge in [-0.3, -0.25) is 4.39 Å². The van der Waals surface area contributed by atoms with E-state index < -0.39 is 0 Å². The molecule has 0 bridgehead atoms. The van der Waals surface area contributed by atoms with Gasteiger partial charge in [-0.05, 0) is 103 Å². The highest BCUT2D eigenvalue weighted by atomic mass is 19.1. The van der Waals surface area contributed by atoms with E-state index in [0.29, 0.717) is 18.8 Å². The van der Waals surface area contributed by atoms with Gasteiger partial charge in [0.15, 0.2) is 0 Å². The summed E-state index contributed by atoms with van der Waals surface area (Å²) in [6, 6.07) is 27.6. The van der Waals surface area contributed by atoms with Gasteiger partial charge in [-0.25, -0.2) is 0 Å². The SMILES string of the molecule is Oc1ccc(/C(=C(\CCCF)c2ccccc2)c2ccc(C3CCN(C4CC4)CC3)cc2)cc1. The minimum atomic E-state index is -0.336. The van der Waals surface area contributed by atoms with Crippen LogP contribution in [0.4, 0.5) is 4.39 Å². The number of phenolic OH excluding ortho intramolecular Hbond substituents is 1. The molecule has 1 aliphatic carbocycles. The van der Waals surface area contributed by atoms with E-state index in [1.807, 2.05) is 30.3 Å². The summed E-state index contributed by atoms with van der Waals surface area (Å²) < 4.78 is 13.3. The minimum Gasteiger partial charge on any atom is -0.508 e. The maximum absolute atomic E-state index is 13.3. The number of halogens is 1. The van der Waals surface area contributed by atoms with E-state index in [1.165, 1.54) is 44.3 Å². The Balaban J connectivity index is 1.49. The Morgan fingerprint density at radius 1 is 0.765 bits per heavy atom. The standard InChI is InChI=1S/C31H34FNO/c32-20-4-7-30(25-5-2-1-3-6-25)31(27-12-16-29(34)17-13-27)26-10-8-23(9-11-26)24-18-21-33(22-19-24)28-14-15-28/h1-3,5-6,8-13,16-17,24,28,34H,4,7,14-15,18-22H2/b31-30+. The van der Waals surface area contributed by atoms with E-state index in [4.69, 9.17) is 0 Å². The Bertz CT molecular complexity index is 1090. The van der Waals surface area contributed by atoms with Crippen LogP contribution in [0.1, 0.15) is 66.7 Å². The molecule has 1 N–H and O–H groups in total. The average Bonchev–Trinajstić information content (AvgIpc) is 3.74. The summed E-state index contributed by atoms with van der Waals surface area (Å²) in [5, 5.41) is 9.87. The molecule has 2 nitrogen and oxygen atoms in total. The second-order valence-electron chi connectivity index (χ2n) is 9.72. The van der Waals surface area contributed by atoms with Crippen molar-refractivity contribution in [1.82, 2.24) is 4.90 Å². The molecule has 3 aromatic carbocycles. The van der Waals surface area contributed by atoms with E-state index in [9.17, 15) is 9.50 Å². The fourth-order valence-corrected chi connectivity index (χ4v) is 5.40. The Labute approximate surface area is 202 Å². The molecule has 0 aromatic heterocycles. The molecule has 1 heterocycles. The first-order valence-electron chi connectivity index (χ1n) is 12.7. The Morgan fingerprint density at radius 3 is 1.97 bits per heavy atom. The quantitative estimate of drug-likeness (QED) is 0.357. The zero-order chi connectivity index (χ0) is 23.3. The molecular formula is C31H34FNO. The zero-order valence-corrected chi connectivity index (χ0v) is 19.8. The fraction of sp³-hybridized carbons (Fsp3) is 0.355. The minimum absolute atomic E-state index is 0.251. The number of likely N-dealkylation sites (tertiary alicyclic amines) is 1. The molecule has 0 radical (unpaired) electrons. The van der Waals surface area contributed by atoms with Gasteiger partial charge in [-0.15, -0.1) is 0 Å². The number of benzene rings is 3. The second-order valence-corrected chi connectivity index (χ2v) is 9.72. The lowest BCUT2D eigenvalue weighted by atomic mass is 9.85. The molecule has 5 rings (SSSR count). The van der Waals surface area contributed by atoms with Crippen molar-refractivity contribution in [3.8, 4) is 5.75 Å². The van der Waals surface area contributed by atoms with E-state index in [-0.39, 0.29) is 12.4 Å². The summed E-state index contributed by atoms with van der Waals surface area (Å²) >= 11 is 0. The monoisotopic (exact) mass is 455 g/mol. The van der Waals surface area contributed by atoms with Gasteiger partial charge >= 0.3 is 0 Å². The Morgan fingerprint density at radius 2 is 1.38 bits per heavy atom. The summed E-state index contributed by atoms with van der Waals surface area (Å²) in [6.07, 6.45) is 6.40. The molecular weight excluding hydrogens is 421 g/mol. The van der Waals surface area contributed by atoms with Crippen LogP contribution < -0.4 is 0 Å². The van der Waals surface area contributed by atoms with Crippen molar-refractivity contribution >= 4 is 11.1 Å². The Kier molecular flexibility index (Phi) is 7.10. The van der Waals surface area contributed by atoms with Crippen LogP contribution in [0.3, 0.4) is 0 Å². The Hall–Kier alpha value is -2.91. The molecule has 1 saturated heterocycles. The summed E-state index contributed by atoms with van der Waals surface area (Å²) in [7, 11) is 0. The molecule has 1 saturated carbocycles. The van der Waals surface area contributed by atoms with Crippen molar-refractivity contribution in [2.24, 2.45) is 0 Å². The first-order valence-corrected chi connectivity index (χ1v) is 12.7. The predicted molar refractivity (Wildman–Crippen MR) is 139 cm³/mol. The lowest BCUT2D eigenvalue weighted by Gasteiger charge is -2.32. The molecule has 2 fully saturated rings. The molecule has 2 aliphatic rings. The summed E-state index contributed by atoms with van der Waals surface area (Å²) in [6.45, 7) is 2.10. The van der Waals surface area contributed by atoms with Gasteiger partial charge < -0.3 is 10.0 Å². The van der Waals surface area contributed by atoms with Crippen LogP contribution in [-0.4, -0.2) is 35.8 Å². The largest absolute Gasteiger partial charge is 0.508 e. The highest BCUT2D eigenvalue weighted by molar-refractivity contribution is 5.98. The molecule has 176 valence electrons. The van der Waals surface area contributed by atoms with Gasteiger partial charge in [0, 0.05) is 6.04 Å². The fourth-order valence-electron chi connectivity index (χ4n) is 5.40.